The molecule has 20 heavy (non-hydrogen) atoms. The van der Waals surface area contributed by atoms with Gasteiger partial charge in [0.25, 0.3) is 5.91 Å². The molecule has 1 amide bonds. The fourth-order valence-electron chi connectivity index (χ4n) is 2.02. The quantitative estimate of drug-likeness (QED) is 0.835. The van der Waals surface area contributed by atoms with E-state index in [-0.39, 0.29) is 11.6 Å². The smallest absolute Gasteiger partial charge is 0.254 e. The van der Waals surface area contributed by atoms with E-state index in [0.717, 1.165) is 0 Å². The first kappa shape index (κ1) is 14.0. The minimum absolute atomic E-state index is 0.0278. The van der Waals surface area contributed by atoms with E-state index in [1.165, 1.54) is 12.1 Å². The lowest BCUT2D eigenvalue weighted by Crippen LogP contribution is -2.36. The van der Waals surface area contributed by atoms with E-state index >= 15 is 0 Å². The van der Waals surface area contributed by atoms with Crippen LogP contribution in [0.3, 0.4) is 0 Å². The second-order valence-electron chi connectivity index (χ2n) is 4.83. The highest BCUT2D eigenvalue weighted by Gasteiger charge is 2.16. The van der Waals surface area contributed by atoms with Crippen molar-refractivity contribution in [3.05, 3.63) is 47.8 Å². The molecule has 0 saturated carbocycles. The molecule has 1 aromatic heterocycles. The highest BCUT2D eigenvalue weighted by Crippen LogP contribution is 2.17. The van der Waals surface area contributed by atoms with Crippen LogP contribution in [0.5, 0.6) is 0 Å². The number of hydrogen-bond acceptors (Lipinski definition) is 3. The summed E-state index contributed by atoms with van der Waals surface area (Å²) in [6.45, 7) is 3.99. The minimum atomic E-state index is -0.536. The molecular formula is C14H17FN4O. The molecule has 2 rings (SSSR count). The van der Waals surface area contributed by atoms with Gasteiger partial charge in [-0.2, -0.15) is 0 Å². The number of hydrogen-bond donors (Lipinski definition) is 2. The predicted octanol–water partition coefficient (Wildman–Crippen LogP) is 1.73. The summed E-state index contributed by atoms with van der Waals surface area (Å²) < 4.78 is 15.8. The molecule has 0 radical (unpaired) electrons. The van der Waals surface area contributed by atoms with E-state index in [1.54, 1.807) is 25.6 Å². The maximum absolute atomic E-state index is 13.9. The predicted molar refractivity (Wildman–Crippen MR) is 74.7 cm³/mol. The molecular weight excluding hydrogens is 259 g/mol. The van der Waals surface area contributed by atoms with Crippen LogP contribution in [0.4, 0.5) is 10.1 Å². The van der Waals surface area contributed by atoms with Crippen molar-refractivity contribution in [3.63, 3.8) is 0 Å². The van der Waals surface area contributed by atoms with E-state index in [2.05, 4.69) is 10.3 Å². The number of nitrogen functional groups attached to an aromatic ring is 1. The first-order chi connectivity index (χ1) is 9.47. The van der Waals surface area contributed by atoms with Gasteiger partial charge in [0.2, 0.25) is 0 Å². The van der Waals surface area contributed by atoms with Gasteiger partial charge in [0.05, 0.1) is 11.9 Å². The van der Waals surface area contributed by atoms with Crippen LogP contribution in [-0.4, -0.2) is 21.5 Å². The number of carbonyl (C=O) groups excluding carboxylic acids is 1. The van der Waals surface area contributed by atoms with E-state index in [4.69, 9.17) is 5.73 Å². The van der Waals surface area contributed by atoms with Crippen molar-refractivity contribution in [2.75, 3.05) is 5.73 Å². The highest BCUT2D eigenvalue weighted by molar-refractivity contribution is 5.95. The number of nitrogens with one attached hydrogen (secondary N) is 1. The molecule has 6 heteroatoms. The minimum Gasteiger partial charge on any atom is -0.399 e. The van der Waals surface area contributed by atoms with Gasteiger partial charge in [0.15, 0.2) is 0 Å². The van der Waals surface area contributed by atoms with Crippen molar-refractivity contribution < 1.29 is 9.18 Å². The number of aromatic nitrogens is 2. The molecule has 0 aliphatic heterocycles. The molecule has 1 atom stereocenters. The number of nitrogens with zero attached hydrogens (tertiary/aromatic N) is 2. The van der Waals surface area contributed by atoms with Gasteiger partial charge in [0.1, 0.15) is 5.82 Å². The average molecular weight is 276 g/mol. The largest absolute Gasteiger partial charge is 0.399 e. The van der Waals surface area contributed by atoms with Crippen molar-refractivity contribution in [2.24, 2.45) is 0 Å². The summed E-state index contributed by atoms with van der Waals surface area (Å²) in [7, 11) is 0. The number of nitrogens with two attached hydrogens (primary N) is 1. The van der Waals surface area contributed by atoms with Gasteiger partial charge in [-0.05, 0) is 31.5 Å². The molecule has 0 aliphatic carbocycles. The zero-order valence-electron chi connectivity index (χ0n) is 11.4. The molecule has 0 spiro atoms. The lowest BCUT2D eigenvalue weighted by Gasteiger charge is -2.15. The van der Waals surface area contributed by atoms with E-state index < -0.39 is 11.7 Å². The second kappa shape index (κ2) is 5.73. The molecule has 2 aromatic rings. The number of amides is 1. The number of imidazole rings is 1. The number of benzene rings is 1. The third-order valence-corrected chi connectivity index (χ3v) is 2.94. The monoisotopic (exact) mass is 276 g/mol. The first-order valence-corrected chi connectivity index (χ1v) is 6.29. The van der Waals surface area contributed by atoms with Gasteiger partial charge in [-0.1, -0.05) is 0 Å². The fourth-order valence-corrected chi connectivity index (χ4v) is 2.02. The molecule has 0 aliphatic rings. The number of aryl methyl sites for hydroxylation is 1. The molecule has 1 heterocycles. The third kappa shape index (κ3) is 3.14. The number of carbonyl (C=O) groups is 1. The Morgan fingerprint density at radius 1 is 1.55 bits per heavy atom. The lowest BCUT2D eigenvalue weighted by molar-refractivity contribution is 0.0932. The Bertz CT molecular complexity index is 610. The first-order valence-electron chi connectivity index (χ1n) is 6.29. The second-order valence-corrected chi connectivity index (χ2v) is 4.83. The Balaban J connectivity index is 2.08. The molecule has 1 unspecified atom stereocenters. The summed E-state index contributed by atoms with van der Waals surface area (Å²) in [5, 5.41) is 2.75. The topological polar surface area (TPSA) is 72.9 Å². The number of anilines is 1. The van der Waals surface area contributed by atoms with Crippen molar-refractivity contribution >= 4 is 11.6 Å². The summed E-state index contributed by atoms with van der Waals surface area (Å²) in [6, 6.07) is 2.70. The van der Waals surface area contributed by atoms with Crippen LogP contribution in [-0.2, 0) is 6.54 Å². The molecule has 0 saturated heterocycles. The Hall–Kier alpha value is -2.37. The van der Waals surface area contributed by atoms with Gasteiger partial charge < -0.3 is 15.6 Å². The van der Waals surface area contributed by atoms with Crippen LogP contribution in [0.15, 0.2) is 30.9 Å². The highest BCUT2D eigenvalue weighted by atomic mass is 19.1. The van der Waals surface area contributed by atoms with Crippen LogP contribution in [0, 0.1) is 12.7 Å². The maximum Gasteiger partial charge on any atom is 0.254 e. The average Bonchev–Trinajstić information content (AvgIpc) is 2.86. The van der Waals surface area contributed by atoms with Crippen LogP contribution in [0.1, 0.15) is 22.8 Å². The zero-order chi connectivity index (χ0) is 14.7. The van der Waals surface area contributed by atoms with Crippen LogP contribution >= 0.6 is 0 Å². The van der Waals surface area contributed by atoms with E-state index in [9.17, 15) is 9.18 Å². The van der Waals surface area contributed by atoms with Gasteiger partial charge in [-0.15, -0.1) is 0 Å². The fraction of sp³-hybridized carbons (Fsp3) is 0.286. The summed E-state index contributed by atoms with van der Waals surface area (Å²) >= 11 is 0. The summed E-state index contributed by atoms with van der Waals surface area (Å²) in [4.78, 5) is 16.0. The van der Waals surface area contributed by atoms with Crippen molar-refractivity contribution in [2.45, 2.75) is 26.4 Å². The Morgan fingerprint density at radius 2 is 2.30 bits per heavy atom. The third-order valence-electron chi connectivity index (χ3n) is 2.94. The number of rotatable bonds is 4. The van der Waals surface area contributed by atoms with Gasteiger partial charge in [-0.25, -0.2) is 9.37 Å². The molecule has 1 aromatic carbocycles. The summed E-state index contributed by atoms with van der Waals surface area (Å²) in [6.07, 6.45) is 5.12. The Morgan fingerprint density at radius 3 is 2.95 bits per heavy atom. The van der Waals surface area contributed by atoms with Gasteiger partial charge in [0, 0.05) is 30.7 Å². The number of halogens is 1. The lowest BCUT2D eigenvalue weighted by atomic mass is 10.1. The van der Waals surface area contributed by atoms with Crippen molar-refractivity contribution in [1.29, 1.82) is 0 Å². The van der Waals surface area contributed by atoms with Crippen LogP contribution in [0.25, 0.3) is 0 Å². The van der Waals surface area contributed by atoms with Crippen molar-refractivity contribution in [1.82, 2.24) is 14.9 Å². The SMILES string of the molecule is Cc1cc(N)cc(C(=O)NC(C)Cn2ccnc2)c1F. The Kier molecular flexibility index (Phi) is 4.02. The van der Waals surface area contributed by atoms with Crippen LogP contribution < -0.4 is 11.1 Å². The Labute approximate surface area is 116 Å². The van der Waals surface area contributed by atoms with Crippen LogP contribution in [0.2, 0.25) is 0 Å². The van der Waals surface area contributed by atoms with E-state index in [1.807, 2.05) is 11.5 Å². The molecule has 106 valence electrons. The zero-order valence-corrected chi connectivity index (χ0v) is 11.4. The van der Waals surface area contributed by atoms with Crippen molar-refractivity contribution in [3.8, 4) is 0 Å². The van der Waals surface area contributed by atoms with Gasteiger partial charge in [-0.3, -0.25) is 4.79 Å². The standard InChI is InChI=1S/C14H17FN4O/c1-9-5-11(16)6-12(13(9)15)14(20)18-10(2)7-19-4-3-17-8-19/h3-6,8,10H,7,16H2,1-2H3,(H,18,20). The normalized spacial score (nSPS) is 12.2. The maximum atomic E-state index is 13.9. The molecule has 0 bridgehead atoms. The molecule has 5 nitrogen and oxygen atoms in total. The van der Waals surface area contributed by atoms with Gasteiger partial charge >= 0.3 is 0 Å². The summed E-state index contributed by atoms with van der Waals surface area (Å²) in [5.41, 5.74) is 6.35. The summed E-state index contributed by atoms with van der Waals surface area (Å²) in [5.74, 6) is -1.00. The molecule has 0 fully saturated rings. The van der Waals surface area contributed by atoms with E-state index in [0.29, 0.717) is 17.8 Å². The molecule has 3 N–H and O–H groups in total.